The van der Waals surface area contributed by atoms with Crippen LogP contribution in [0.2, 0.25) is 0 Å². The molecule has 0 aromatic carbocycles. The summed E-state index contributed by atoms with van der Waals surface area (Å²) in [5, 5.41) is 2.12. The van der Waals surface area contributed by atoms with Gasteiger partial charge in [0.25, 0.3) is 0 Å². The molecule has 0 atom stereocenters. The minimum atomic E-state index is 0.572. The van der Waals surface area contributed by atoms with E-state index >= 15 is 0 Å². The van der Waals surface area contributed by atoms with Crippen molar-refractivity contribution in [1.29, 1.82) is 0 Å². The first-order valence-electron chi connectivity index (χ1n) is 7.24. The summed E-state index contributed by atoms with van der Waals surface area (Å²) in [5.41, 5.74) is 8.13. The normalized spacial score (nSPS) is 10.8. The molecule has 2 rings (SSSR count). The molecule has 0 unspecified atom stereocenters. The molecule has 0 amide bonds. The third-order valence-electron chi connectivity index (χ3n) is 3.30. The van der Waals surface area contributed by atoms with Crippen molar-refractivity contribution in [2.45, 2.75) is 39.8 Å². The molecule has 2 aromatic heterocycles. The molecule has 0 aliphatic carbocycles. The largest absolute Gasteiger partial charge is 0.352 e. The molecule has 3 nitrogen and oxygen atoms in total. The Morgan fingerprint density at radius 2 is 2.15 bits per heavy atom. The molecule has 2 aromatic rings. The fourth-order valence-corrected chi connectivity index (χ4v) is 2.96. The third kappa shape index (κ3) is 3.81. The molecule has 0 spiro atoms. The van der Waals surface area contributed by atoms with Gasteiger partial charge in [0.05, 0.1) is 6.54 Å². The fraction of sp³-hybridized carbons (Fsp3) is 0.438. The molecule has 2 heterocycles. The van der Waals surface area contributed by atoms with Crippen LogP contribution >= 0.6 is 11.3 Å². The van der Waals surface area contributed by atoms with Crippen LogP contribution in [0.1, 0.15) is 36.4 Å². The number of pyridine rings is 1. The zero-order chi connectivity index (χ0) is 14.4. The standard InChI is InChI=1S/C16H23N3S/c1-3-6-14-9-13(11-17)10-16(18-14)19(4-2)12-15-7-5-8-20-15/h5,7-10H,3-4,6,11-12,17H2,1-2H3. The highest BCUT2D eigenvalue weighted by Gasteiger charge is 2.10. The maximum atomic E-state index is 5.82. The van der Waals surface area contributed by atoms with E-state index in [2.05, 4.69) is 48.4 Å². The maximum absolute atomic E-state index is 5.82. The molecule has 0 aliphatic rings. The summed E-state index contributed by atoms with van der Waals surface area (Å²) < 4.78 is 0. The van der Waals surface area contributed by atoms with Crippen LogP contribution in [0.5, 0.6) is 0 Å². The maximum Gasteiger partial charge on any atom is 0.129 e. The summed E-state index contributed by atoms with van der Waals surface area (Å²) in [6, 6.07) is 8.52. The van der Waals surface area contributed by atoms with Crippen LogP contribution in [-0.2, 0) is 19.5 Å². The van der Waals surface area contributed by atoms with E-state index < -0.39 is 0 Å². The summed E-state index contributed by atoms with van der Waals surface area (Å²) in [6.45, 7) is 6.79. The van der Waals surface area contributed by atoms with Gasteiger partial charge in [-0.05, 0) is 42.5 Å². The van der Waals surface area contributed by atoms with Gasteiger partial charge in [-0.25, -0.2) is 4.98 Å². The van der Waals surface area contributed by atoms with Crippen molar-refractivity contribution in [3.8, 4) is 0 Å². The molecule has 0 saturated carbocycles. The summed E-state index contributed by atoms with van der Waals surface area (Å²) in [5.74, 6) is 1.05. The molecular formula is C16H23N3S. The second-order valence-corrected chi connectivity index (χ2v) is 5.90. The molecule has 4 heteroatoms. The van der Waals surface area contributed by atoms with Gasteiger partial charge in [-0.2, -0.15) is 0 Å². The van der Waals surface area contributed by atoms with Gasteiger partial charge >= 0.3 is 0 Å². The van der Waals surface area contributed by atoms with Gasteiger partial charge in [0.1, 0.15) is 5.82 Å². The number of hydrogen-bond donors (Lipinski definition) is 1. The monoisotopic (exact) mass is 289 g/mol. The summed E-state index contributed by atoms with van der Waals surface area (Å²) in [4.78, 5) is 8.47. The molecule has 0 saturated heterocycles. The first-order valence-corrected chi connectivity index (χ1v) is 8.12. The van der Waals surface area contributed by atoms with Gasteiger partial charge in [0.2, 0.25) is 0 Å². The predicted octanol–water partition coefficient (Wildman–Crippen LogP) is 3.58. The Kier molecular flexibility index (Phi) is 5.56. The summed E-state index contributed by atoms with van der Waals surface area (Å²) in [6.07, 6.45) is 2.12. The second kappa shape index (κ2) is 7.41. The fourth-order valence-electron chi connectivity index (χ4n) is 2.24. The highest BCUT2D eigenvalue weighted by atomic mass is 32.1. The van der Waals surface area contributed by atoms with Gasteiger partial charge < -0.3 is 10.6 Å². The lowest BCUT2D eigenvalue weighted by molar-refractivity contribution is 0.801. The van der Waals surface area contributed by atoms with Crippen LogP contribution in [0, 0.1) is 0 Å². The number of rotatable bonds is 7. The van der Waals surface area contributed by atoms with Crippen molar-refractivity contribution in [2.75, 3.05) is 11.4 Å². The zero-order valence-corrected chi connectivity index (χ0v) is 13.1. The van der Waals surface area contributed by atoms with E-state index in [1.54, 1.807) is 11.3 Å². The highest BCUT2D eigenvalue weighted by Crippen LogP contribution is 2.20. The summed E-state index contributed by atoms with van der Waals surface area (Å²) in [7, 11) is 0. The van der Waals surface area contributed by atoms with Crippen molar-refractivity contribution < 1.29 is 0 Å². The van der Waals surface area contributed by atoms with Gasteiger partial charge in [0.15, 0.2) is 0 Å². The quantitative estimate of drug-likeness (QED) is 0.847. The lowest BCUT2D eigenvalue weighted by Crippen LogP contribution is -2.23. The molecule has 0 aliphatic heterocycles. The van der Waals surface area contributed by atoms with E-state index in [1.165, 1.54) is 10.4 Å². The predicted molar refractivity (Wildman–Crippen MR) is 87.2 cm³/mol. The van der Waals surface area contributed by atoms with Gasteiger partial charge in [-0.3, -0.25) is 0 Å². The van der Waals surface area contributed by atoms with E-state index in [0.717, 1.165) is 37.4 Å². The molecule has 108 valence electrons. The minimum absolute atomic E-state index is 0.572. The first kappa shape index (κ1) is 15.0. The number of aryl methyl sites for hydroxylation is 1. The smallest absolute Gasteiger partial charge is 0.129 e. The Balaban J connectivity index is 2.25. The minimum Gasteiger partial charge on any atom is -0.352 e. The van der Waals surface area contributed by atoms with Crippen molar-refractivity contribution in [2.24, 2.45) is 5.73 Å². The van der Waals surface area contributed by atoms with Crippen molar-refractivity contribution in [1.82, 2.24) is 4.98 Å². The topological polar surface area (TPSA) is 42.1 Å². The average Bonchev–Trinajstić information content (AvgIpc) is 2.97. The van der Waals surface area contributed by atoms with Crippen LogP contribution in [0.15, 0.2) is 29.6 Å². The number of nitrogens with two attached hydrogens (primary N) is 1. The Morgan fingerprint density at radius 3 is 2.75 bits per heavy atom. The number of hydrogen-bond acceptors (Lipinski definition) is 4. The van der Waals surface area contributed by atoms with E-state index in [4.69, 9.17) is 10.7 Å². The van der Waals surface area contributed by atoms with Crippen LogP contribution in [0.25, 0.3) is 0 Å². The Morgan fingerprint density at radius 1 is 1.30 bits per heavy atom. The molecule has 0 fully saturated rings. The Hall–Kier alpha value is -1.39. The average molecular weight is 289 g/mol. The van der Waals surface area contributed by atoms with Crippen LogP contribution in [-0.4, -0.2) is 11.5 Å². The molecule has 0 radical (unpaired) electrons. The first-order chi connectivity index (χ1) is 9.76. The zero-order valence-electron chi connectivity index (χ0n) is 12.3. The van der Waals surface area contributed by atoms with Gasteiger partial charge in [-0.1, -0.05) is 19.4 Å². The number of anilines is 1. The van der Waals surface area contributed by atoms with Crippen LogP contribution in [0.4, 0.5) is 5.82 Å². The van der Waals surface area contributed by atoms with Crippen LogP contribution < -0.4 is 10.6 Å². The number of nitrogens with zero attached hydrogens (tertiary/aromatic N) is 2. The molecule has 2 N–H and O–H groups in total. The number of aromatic nitrogens is 1. The van der Waals surface area contributed by atoms with Gasteiger partial charge in [0, 0.05) is 23.7 Å². The van der Waals surface area contributed by atoms with E-state index in [1.807, 2.05) is 0 Å². The lowest BCUT2D eigenvalue weighted by atomic mass is 10.1. The highest BCUT2D eigenvalue weighted by molar-refractivity contribution is 7.09. The lowest BCUT2D eigenvalue weighted by Gasteiger charge is -2.22. The number of thiophene rings is 1. The van der Waals surface area contributed by atoms with Gasteiger partial charge in [-0.15, -0.1) is 11.3 Å². The molecule has 0 bridgehead atoms. The van der Waals surface area contributed by atoms with Crippen molar-refractivity contribution in [3.05, 3.63) is 45.8 Å². The van der Waals surface area contributed by atoms with Crippen molar-refractivity contribution >= 4 is 17.2 Å². The SMILES string of the molecule is CCCc1cc(CN)cc(N(CC)Cc2cccs2)n1. The van der Waals surface area contributed by atoms with E-state index in [9.17, 15) is 0 Å². The molecule has 20 heavy (non-hydrogen) atoms. The molecular weight excluding hydrogens is 266 g/mol. The van der Waals surface area contributed by atoms with E-state index in [0.29, 0.717) is 6.54 Å². The Bertz CT molecular complexity index is 523. The van der Waals surface area contributed by atoms with Crippen LogP contribution in [0.3, 0.4) is 0 Å². The third-order valence-corrected chi connectivity index (χ3v) is 4.16. The summed E-state index contributed by atoms with van der Waals surface area (Å²) >= 11 is 1.79. The Labute approximate surface area is 125 Å². The van der Waals surface area contributed by atoms with Crippen molar-refractivity contribution in [3.63, 3.8) is 0 Å². The second-order valence-electron chi connectivity index (χ2n) is 4.87. The van der Waals surface area contributed by atoms with E-state index in [-0.39, 0.29) is 0 Å².